The number of halogens is 1. The maximum atomic E-state index is 13.6. The van der Waals surface area contributed by atoms with E-state index in [1.807, 2.05) is 19.1 Å². The van der Waals surface area contributed by atoms with Gasteiger partial charge in [-0.15, -0.1) is 0 Å². The van der Waals surface area contributed by atoms with Gasteiger partial charge in [0.1, 0.15) is 6.04 Å². The van der Waals surface area contributed by atoms with Crippen LogP contribution in [0.3, 0.4) is 0 Å². The van der Waals surface area contributed by atoms with Gasteiger partial charge < -0.3 is 9.42 Å². The monoisotopic (exact) mass is 459 g/mol. The summed E-state index contributed by atoms with van der Waals surface area (Å²) in [6, 6.07) is 12.1. The van der Waals surface area contributed by atoms with Crippen LogP contribution in [0.2, 0.25) is 5.02 Å². The Morgan fingerprint density at radius 2 is 2.06 bits per heavy atom. The Bertz CT molecular complexity index is 1370. The van der Waals surface area contributed by atoms with E-state index in [0.29, 0.717) is 46.5 Å². The van der Waals surface area contributed by atoms with Crippen molar-refractivity contribution in [1.82, 2.24) is 30.0 Å². The Morgan fingerprint density at radius 3 is 2.85 bits per heavy atom. The second-order valence-electron chi connectivity index (χ2n) is 7.69. The third-order valence-corrected chi connectivity index (χ3v) is 6.15. The van der Waals surface area contributed by atoms with Crippen LogP contribution in [0, 0.1) is 18.3 Å². The van der Waals surface area contributed by atoms with E-state index in [1.54, 1.807) is 29.2 Å². The lowest BCUT2D eigenvalue weighted by Gasteiger charge is -2.23. The van der Waals surface area contributed by atoms with E-state index in [0.717, 1.165) is 17.5 Å². The van der Waals surface area contributed by atoms with Crippen molar-refractivity contribution in [1.29, 1.82) is 5.26 Å². The van der Waals surface area contributed by atoms with Gasteiger partial charge in [-0.25, -0.2) is 0 Å². The minimum Gasteiger partial charge on any atom is -0.337 e. The summed E-state index contributed by atoms with van der Waals surface area (Å²) < 4.78 is 5.58. The first-order valence-electron chi connectivity index (χ1n) is 10.4. The molecule has 0 saturated carbocycles. The molecular weight excluding hydrogens is 442 g/mol. The van der Waals surface area contributed by atoms with Gasteiger partial charge in [-0.2, -0.15) is 25.2 Å². The molecule has 9 nitrogen and oxygen atoms in total. The molecule has 1 fully saturated rings. The maximum Gasteiger partial charge on any atom is 0.256 e. The van der Waals surface area contributed by atoms with Crippen LogP contribution in [0.15, 0.2) is 53.3 Å². The van der Waals surface area contributed by atoms with Gasteiger partial charge in [0.25, 0.3) is 5.91 Å². The summed E-state index contributed by atoms with van der Waals surface area (Å²) >= 11 is 6.24. The molecule has 1 amide bonds. The first kappa shape index (κ1) is 20.8. The second-order valence-corrected chi connectivity index (χ2v) is 8.09. The van der Waals surface area contributed by atoms with Crippen molar-refractivity contribution in [3.05, 3.63) is 76.4 Å². The predicted molar refractivity (Wildman–Crippen MR) is 119 cm³/mol. The second kappa shape index (κ2) is 8.48. The third-order valence-electron chi connectivity index (χ3n) is 5.74. The molecule has 164 valence electrons. The van der Waals surface area contributed by atoms with Gasteiger partial charge in [0, 0.05) is 17.1 Å². The van der Waals surface area contributed by atoms with Crippen LogP contribution in [-0.4, -0.2) is 42.5 Å². The van der Waals surface area contributed by atoms with E-state index < -0.39 is 0 Å². The Labute approximate surface area is 194 Å². The summed E-state index contributed by atoms with van der Waals surface area (Å²) in [6.07, 6.45) is 4.54. The number of aromatic nitrogens is 5. The Morgan fingerprint density at radius 1 is 1.24 bits per heavy atom. The topological polar surface area (TPSA) is 114 Å². The normalized spacial score (nSPS) is 15.5. The Kier molecular flexibility index (Phi) is 5.36. The number of hydrogen-bond donors (Lipinski definition) is 0. The fourth-order valence-corrected chi connectivity index (χ4v) is 4.22. The summed E-state index contributed by atoms with van der Waals surface area (Å²) in [4.78, 5) is 21.3. The van der Waals surface area contributed by atoms with Crippen molar-refractivity contribution in [3.63, 3.8) is 0 Å². The Hall–Kier alpha value is -4.03. The van der Waals surface area contributed by atoms with Crippen molar-refractivity contribution < 1.29 is 9.32 Å². The smallest absolute Gasteiger partial charge is 0.256 e. The van der Waals surface area contributed by atoms with Gasteiger partial charge in [-0.1, -0.05) is 28.9 Å². The number of carbonyl (C=O) groups is 1. The predicted octanol–water partition coefficient (Wildman–Crippen LogP) is 4.13. The maximum absolute atomic E-state index is 13.6. The first-order valence-corrected chi connectivity index (χ1v) is 10.8. The summed E-state index contributed by atoms with van der Waals surface area (Å²) in [7, 11) is 0. The molecule has 1 unspecified atom stereocenters. The summed E-state index contributed by atoms with van der Waals surface area (Å²) in [5.74, 6) is 0.545. The number of nitrogens with zero attached hydrogens (tertiary/aromatic N) is 7. The molecular formula is C23H18ClN7O2. The molecule has 1 atom stereocenters. The molecule has 10 heteroatoms. The summed E-state index contributed by atoms with van der Waals surface area (Å²) in [6.45, 7) is 2.42. The SMILES string of the molecule is Cc1c(Cl)cccc1-c1noc(C2CCCN2C(=O)c2cc(C#N)ccc2-n2nccn2)n1. The van der Waals surface area contributed by atoms with Crippen molar-refractivity contribution in [2.45, 2.75) is 25.8 Å². The average molecular weight is 460 g/mol. The zero-order valence-corrected chi connectivity index (χ0v) is 18.4. The highest BCUT2D eigenvalue weighted by atomic mass is 35.5. The minimum atomic E-state index is -0.373. The molecule has 0 radical (unpaired) electrons. The molecule has 0 spiro atoms. The number of hydrogen-bond acceptors (Lipinski definition) is 7. The van der Waals surface area contributed by atoms with Crippen LogP contribution < -0.4 is 0 Å². The van der Waals surface area contributed by atoms with Crippen LogP contribution in [0.1, 0.15) is 46.3 Å². The highest BCUT2D eigenvalue weighted by molar-refractivity contribution is 6.31. The molecule has 0 bridgehead atoms. The molecule has 33 heavy (non-hydrogen) atoms. The number of nitriles is 1. The van der Waals surface area contributed by atoms with E-state index in [1.165, 1.54) is 17.2 Å². The molecule has 1 aliphatic rings. The third kappa shape index (κ3) is 3.75. The van der Waals surface area contributed by atoms with E-state index in [2.05, 4.69) is 26.4 Å². The van der Waals surface area contributed by atoms with E-state index in [-0.39, 0.29) is 11.9 Å². The van der Waals surface area contributed by atoms with Gasteiger partial charge in [-0.3, -0.25) is 4.79 Å². The van der Waals surface area contributed by atoms with Crippen molar-refractivity contribution in [3.8, 4) is 23.1 Å². The highest BCUT2D eigenvalue weighted by Crippen LogP contribution is 2.35. The fraction of sp³-hybridized carbons (Fsp3) is 0.217. The molecule has 0 aliphatic carbocycles. The van der Waals surface area contributed by atoms with Crippen LogP contribution in [-0.2, 0) is 0 Å². The molecule has 3 heterocycles. The van der Waals surface area contributed by atoms with Crippen LogP contribution in [0.25, 0.3) is 17.1 Å². The minimum absolute atomic E-state index is 0.249. The van der Waals surface area contributed by atoms with Crippen molar-refractivity contribution in [2.24, 2.45) is 0 Å². The molecule has 2 aromatic carbocycles. The van der Waals surface area contributed by atoms with E-state index >= 15 is 0 Å². The van der Waals surface area contributed by atoms with Gasteiger partial charge in [0.05, 0.1) is 35.3 Å². The highest BCUT2D eigenvalue weighted by Gasteiger charge is 2.36. The number of likely N-dealkylation sites (tertiary alicyclic amines) is 1. The standard InChI is InChI=1S/C23H18ClN7O2/c1-14-16(4-2-5-18(14)24)21-28-22(33-29-21)20-6-3-11-30(20)23(32)17-12-15(13-25)7-8-19(17)31-26-9-10-27-31/h2,4-5,7-10,12,20H,3,6,11H2,1H3. The first-order chi connectivity index (χ1) is 16.1. The molecule has 5 rings (SSSR count). The summed E-state index contributed by atoms with van der Waals surface area (Å²) in [5.41, 5.74) is 2.84. The van der Waals surface area contributed by atoms with E-state index in [9.17, 15) is 10.1 Å². The summed E-state index contributed by atoms with van der Waals surface area (Å²) in [5, 5.41) is 22.4. The Balaban J connectivity index is 1.49. The quantitative estimate of drug-likeness (QED) is 0.450. The van der Waals surface area contributed by atoms with Gasteiger partial charge in [0.15, 0.2) is 0 Å². The largest absolute Gasteiger partial charge is 0.337 e. The van der Waals surface area contributed by atoms with Crippen molar-refractivity contribution >= 4 is 17.5 Å². The fourth-order valence-electron chi connectivity index (χ4n) is 4.04. The number of benzene rings is 2. The van der Waals surface area contributed by atoms with Crippen LogP contribution in [0.4, 0.5) is 0 Å². The zero-order valence-electron chi connectivity index (χ0n) is 17.6. The van der Waals surface area contributed by atoms with Gasteiger partial charge >= 0.3 is 0 Å². The van der Waals surface area contributed by atoms with Crippen LogP contribution in [0.5, 0.6) is 0 Å². The molecule has 2 aromatic heterocycles. The molecule has 0 N–H and O–H groups in total. The number of amides is 1. The van der Waals surface area contributed by atoms with Gasteiger partial charge in [-0.05, 0) is 49.6 Å². The lowest BCUT2D eigenvalue weighted by molar-refractivity contribution is 0.0709. The lowest BCUT2D eigenvalue weighted by Crippen LogP contribution is -2.31. The lowest BCUT2D eigenvalue weighted by atomic mass is 10.1. The van der Waals surface area contributed by atoms with Crippen molar-refractivity contribution in [2.75, 3.05) is 6.54 Å². The zero-order chi connectivity index (χ0) is 22.9. The molecule has 1 aliphatic heterocycles. The average Bonchev–Trinajstić information content (AvgIpc) is 3.61. The van der Waals surface area contributed by atoms with Gasteiger partial charge in [0.2, 0.25) is 11.7 Å². The molecule has 4 aromatic rings. The van der Waals surface area contributed by atoms with Crippen LogP contribution >= 0.6 is 11.6 Å². The number of rotatable bonds is 4. The molecule has 1 saturated heterocycles. The number of carbonyl (C=O) groups excluding carboxylic acids is 1. The van der Waals surface area contributed by atoms with E-state index in [4.69, 9.17) is 16.1 Å².